The molecule has 0 aromatic carbocycles. The van der Waals surface area contributed by atoms with Gasteiger partial charge in [0.1, 0.15) is 5.78 Å². The number of carbonyl (C=O) groups is 1. The fourth-order valence-corrected chi connectivity index (χ4v) is 1.73. The lowest BCUT2D eigenvalue weighted by Crippen LogP contribution is -2.15. The Kier molecular flexibility index (Phi) is 3.69. The number of aromatic nitrogens is 2. The summed E-state index contributed by atoms with van der Waals surface area (Å²) in [7, 11) is 1.88. The van der Waals surface area contributed by atoms with Crippen LogP contribution in [0, 0.1) is 0 Å². The van der Waals surface area contributed by atoms with Crippen molar-refractivity contribution < 1.29 is 14.3 Å². The summed E-state index contributed by atoms with van der Waals surface area (Å²) in [6.07, 6.45) is 3.02. The third kappa shape index (κ3) is 2.90. The minimum absolute atomic E-state index is 0.174. The molecule has 1 fully saturated rings. The second kappa shape index (κ2) is 5.23. The Hall–Kier alpha value is -1.20. The standard InChI is InChI=1S/C11H16N2O3/c1-13-9(4-5-12-13)2-3-10(14)8-11-15-6-7-16-11/h4-5,11H,2-3,6-8H2,1H3. The van der Waals surface area contributed by atoms with Crippen LogP contribution in [0.5, 0.6) is 0 Å². The molecule has 1 aromatic heterocycles. The van der Waals surface area contributed by atoms with Crippen molar-refractivity contribution in [2.24, 2.45) is 7.05 Å². The van der Waals surface area contributed by atoms with E-state index in [4.69, 9.17) is 9.47 Å². The maximum absolute atomic E-state index is 11.6. The van der Waals surface area contributed by atoms with Crippen LogP contribution in [0.1, 0.15) is 18.5 Å². The van der Waals surface area contributed by atoms with Gasteiger partial charge in [0, 0.05) is 25.4 Å². The van der Waals surface area contributed by atoms with Crippen LogP contribution in [-0.2, 0) is 27.7 Å². The number of aryl methyl sites for hydroxylation is 2. The number of ketones is 1. The van der Waals surface area contributed by atoms with Crippen LogP contribution in [0.3, 0.4) is 0 Å². The van der Waals surface area contributed by atoms with Crippen molar-refractivity contribution in [1.82, 2.24) is 9.78 Å². The molecule has 0 radical (unpaired) electrons. The molecule has 0 saturated carbocycles. The van der Waals surface area contributed by atoms with E-state index in [0.717, 1.165) is 12.1 Å². The molecular weight excluding hydrogens is 208 g/mol. The lowest BCUT2D eigenvalue weighted by molar-refractivity contribution is -0.127. The van der Waals surface area contributed by atoms with Crippen LogP contribution in [0.4, 0.5) is 0 Å². The van der Waals surface area contributed by atoms with Crippen molar-refractivity contribution in [3.63, 3.8) is 0 Å². The molecule has 0 unspecified atom stereocenters. The maximum atomic E-state index is 11.6. The van der Waals surface area contributed by atoms with Crippen LogP contribution in [0.2, 0.25) is 0 Å². The summed E-state index contributed by atoms with van der Waals surface area (Å²) in [6, 6.07) is 1.93. The van der Waals surface area contributed by atoms with E-state index in [1.165, 1.54) is 0 Å². The van der Waals surface area contributed by atoms with Crippen LogP contribution in [0.15, 0.2) is 12.3 Å². The Morgan fingerprint density at radius 1 is 1.56 bits per heavy atom. The van der Waals surface area contributed by atoms with Gasteiger partial charge in [-0.3, -0.25) is 9.48 Å². The van der Waals surface area contributed by atoms with Crippen LogP contribution >= 0.6 is 0 Å². The number of nitrogens with zero attached hydrogens (tertiary/aromatic N) is 2. The van der Waals surface area contributed by atoms with Gasteiger partial charge in [0.2, 0.25) is 0 Å². The van der Waals surface area contributed by atoms with Gasteiger partial charge in [0.25, 0.3) is 0 Å². The molecule has 1 aromatic rings. The van der Waals surface area contributed by atoms with Gasteiger partial charge in [0.05, 0.1) is 19.6 Å². The van der Waals surface area contributed by atoms with Gasteiger partial charge in [-0.2, -0.15) is 5.10 Å². The van der Waals surface area contributed by atoms with Gasteiger partial charge in [-0.25, -0.2) is 0 Å². The molecule has 1 saturated heterocycles. The molecule has 0 N–H and O–H groups in total. The Morgan fingerprint density at radius 3 is 2.94 bits per heavy atom. The maximum Gasteiger partial charge on any atom is 0.164 e. The first kappa shape index (κ1) is 11.3. The fraction of sp³-hybridized carbons (Fsp3) is 0.636. The molecule has 0 spiro atoms. The molecule has 2 heterocycles. The fourth-order valence-electron chi connectivity index (χ4n) is 1.73. The number of hydrogen-bond donors (Lipinski definition) is 0. The molecule has 2 rings (SSSR count). The number of carbonyl (C=O) groups excluding carboxylic acids is 1. The second-order valence-electron chi connectivity index (χ2n) is 3.86. The van der Waals surface area contributed by atoms with E-state index in [-0.39, 0.29) is 12.1 Å². The van der Waals surface area contributed by atoms with Gasteiger partial charge >= 0.3 is 0 Å². The highest BCUT2D eigenvalue weighted by molar-refractivity contribution is 5.78. The summed E-state index contributed by atoms with van der Waals surface area (Å²) >= 11 is 0. The van der Waals surface area contributed by atoms with Crippen molar-refractivity contribution in [2.75, 3.05) is 13.2 Å². The molecule has 1 aliphatic heterocycles. The Balaban J connectivity index is 1.73. The Labute approximate surface area is 94.3 Å². The van der Waals surface area contributed by atoms with E-state index >= 15 is 0 Å². The zero-order chi connectivity index (χ0) is 11.4. The smallest absolute Gasteiger partial charge is 0.164 e. The summed E-state index contributed by atoms with van der Waals surface area (Å²) in [4.78, 5) is 11.6. The molecular formula is C11H16N2O3. The number of rotatable bonds is 5. The number of ether oxygens (including phenoxy) is 2. The minimum atomic E-state index is -0.320. The van der Waals surface area contributed by atoms with Gasteiger partial charge in [-0.05, 0) is 12.5 Å². The first-order chi connectivity index (χ1) is 7.75. The lowest BCUT2D eigenvalue weighted by Gasteiger charge is -2.07. The molecule has 5 nitrogen and oxygen atoms in total. The Morgan fingerprint density at radius 2 is 2.31 bits per heavy atom. The normalized spacial score (nSPS) is 16.8. The highest BCUT2D eigenvalue weighted by atomic mass is 16.7. The molecule has 88 valence electrons. The molecule has 0 aliphatic carbocycles. The van der Waals surface area contributed by atoms with Crippen LogP contribution < -0.4 is 0 Å². The largest absolute Gasteiger partial charge is 0.350 e. The van der Waals surface area contributed by atoms with Crippen molar-refractivity contribution >= 4 is 5.78 Å². The van der Waals surface area contributed by atoms with Gasteiger partial charge in [-0.15, -0.1) is 0 Å². The van der Waals surface area contributed by atoms with Gasteiger partial charge in [0.15, 0.2) is 6.29 Å². The monoisotopic (exact) mass is 224 g/mol. The van der Waals surface area contributed by atoms with E-state index < -0.39 is 0 Å². The van der Waals surface area contributed by atoms with E-state index in [0.29, 0.717) is 26.1 Å². The van der Waals surface area contributed by atoms with E-state index in [1.807, 2.05) is 13.1 Å². The zero-order valence-electron chi connectivity index (χ0n) is 9.39. The summed E-state index contributed by atoms with van der Waals surface area (Å²) in [6.45, 7) is 1.19. The third-order valence-corrected chi connectivity index (χ3v) is 2.67. The minimum Gasteiger partial charge on any atom is -0.350 e. The van der Waals surface area contributed by atoms with Crippen LogP contribution in [-0.4, -0.2) is 35.1 Å². The first-order valence-corrected chi connectivity index (χ1v) is 5.47. The highest BCUT2D eigenvalue weighted by Crippen LogP contribution is 2.11. The van der Waals surface area contributed by atoms with Crippen molar-refractivity contribution in [1.29, 1.82) is 0 Å². The van der Waals surface area contributed by atoms with E-state index in [2.05, 4.69) is 5.10 Å². The third-order valence-electron chi connectivity index (χ3n) is 2.67. The number of hydrogen-bond acceptors (Lipinski definition) is 4. The van der Waals surface area contributed by atoms with E-state index in [9.17, 15) is 4.79 Å². The van der Waals surface area contributed by atoms with E-state index in [1.54, 1.807) is 10.9 Å². The van der Waals surface area contributed by atoms with Crippen LogP contribution in [0.25, 0.3) is 0 Å². The quantitative estimate of drug-likeness (QED) is 0.738. The predicted octanol–water partition coefficient (Wildman–Crippen LogP) is 0.685. The summed E-state index contributed by atoms with van der Waals surface area (Å²) in [5.41, 5.74) is 1.07. The topological polar surface area (TPSA) is 53.4 Å². The second-order valence-corrected chi connectivity index (χ2v) is 3.86. The SMILES string of the molecule is Cn1nccc1CCC(=O)CC1OCCO1. The van der Waals surface area contributed by atoms with Crippen molar-refractivity contribution in [2.45, 2.75) is 25.6 Å². The lowest BCUT2D eigenvalue weighted by atomic mass is 10.1. The highest BCUT2D eigenvalue weighted by Gasteiger charge is 2.19. The molecule has 5 heteroatoms. The van der Waals surface area contributed by atoms with Crippen molar-refractivity contribution in [3.05, 3.63) is 18.0 Å². The Bertz CT molecular complexity index is 356. The number of Topliss-reactive ketones (excluding diaryl/α,β-unsaturated/α-hetero) is 1. The van der Waals surface area contributed by atoms with Gasteiger partial charge < -0.3 is 9.47 Å². The van der Waals surface area contributed by atoms with Crippen molar-refractivity contribution in [3.8, 4) is 0 Å². The molecule has 0 atom stereocenters. The molecule has 0 bridgehead atoms. The average molecular weight is 224 g/mol. The summed E-state index contributed by atoms with van der Waals surface area (Å²) < 4.78 is 12.2. The van der Waals surface area contributed by atoms with Gasteiger partial charge in [-0.1, -0.05) is 0 Å². The molecule has 16 heavy (non-hydrogen) atoms. The average Bonchev–Trinajstić information content (AvgIpc) is 2.87. The molecule has 1 aliphatic rings. The zero-order valence-corrected chi connectivity index (χ0v) is 9.39. The molecule has 0 amide bonds. The predicted molar refractivity (Wildman–Crippen MR) is 56.8 cm³/mol. The summed E-state index contributed by atoms with van der Waals surface area (Å²) in [5, 5.41) is 4.05. The summed E-state index contributed by atoms with van der Waals surface area (Å²) in [5.74, 6) is 0.174. The first-order valence-electron chi connectivity index (χ1n) is 5.47.